The molecule has 2 atom stereocenters. The Morgan fingerprint density at radius 3 is 2.31 bits per heavy atom. The summed E-state index contributed by atoms with van der Waals surface area (Å²) < 4.78 is 68.5. The van der Waals surface area contributed by atoms with E-state index in [2.05, 4.69) is 10.1 Å². The molecule has 36 heavy (non-hydrogen) atoms. The van der Waals surface area contributed by atoms with Gasteiger partial charge >= 0.3 is 6.18 Å². The first kappa shape index (κ1) is 26.0. The van der Waals surface area contributed by atoms with Gasteiger partial charge in [-0.05, 0) is 57.1 Å². The molecule has 1 fully saturated rings. The average Bonchev–Trinajstić information content (AvgIpc) is 3.35. The Hall–Kier alpha value is -3.05. The molecule has 1 saturated heterocycles. The fraction of sp³-hybridized carbons (Fsp3) is 0.440. The number of hydrogen-bond acceptors (Lipinski definition) is 5. The summed E-state index contributed by atoms with van der Waals surface area (Å²) in [5.74, 6) is -1.59. The van der Waals surface area contributed by atoms with E-state index in [4.69, 9.17) is 0 Å². The maximum absolute atomic E-state index is 14.8. The molecule has 1 N–H and O–H groups in total. The van der Waals surface area contributed by atoms with E-state index in [0.29, 0.717) is 31.6 Å². The zero-order valence-electron chi connectivity index (χ0n) is 20.0. The van der Waals surface area contributed by atoms with Gasteiger partial charge in [0.1, 0.15) is 29.9 Å². The number of aromatic nitrogens is 3. The molecule has 0 radical (unpaired) electrons. The average molecular weight is 510 g/mol. The molecule has 3 aromatic rings. The van der Waals surface area contributed by atoms with Gasteiger partial charge in [-0.3, -0.25) is 4.90 Å². The predicted octanol–water partition coefficient (Wildman–Crippen LogP) is 4.45. The zero-order chi connectivity index (χ0) is 26.1. The number of benzene rings is 2. The third-order valence-electron chi connectivity index (χ3n) is 7.17. The molecule has 1 aromatic heterocycles. The number of aliphatic hydroxyl groups is 1. The minimum Gasteiger partial charge on any atom is -0.381 e. The van der Waals surface area contributed by atoms with Crippen molar-refractivity contribution in [3.63, 3.8) is 0 Å². The minimum absolute atomic E-state index is 0.0245. The summed E-state index contributed by atoms with van der Waals surface area (Å²) in [4.78, 5) is 7.89. The number of halogens is 5. The molecule has 0 amide bonds. The summed E-state index contributed by atoms with van der Waals surface area (Å²) in [6.07, 6.45) is -0.272. The molecule has 194 valence electrons. The summed E-state index contributed by atoms with van der Waals surface area (Å²) >= 11 is 0. The van der Waals surface area contributed by atoms with Crippen LogP contribution in [0.25, 0.3) is 0 Å². The van der Waals surface area contributed by atoms with Crippen LogP contribution in [0.1, 0.15) is 30.9 Å². The zero-order valence-corrected chi connectivity index (χ0v) is 20.0. The van der Waals surface area contributed by atoms with Crippen LogP contribution in [0.5, 0.6) is 0 Å². The Balaban J connectivity index is 1.49. The van der Waals surface area contributed by atoms with Gasteiger partial charge in [0.15, 0.2) is 0 Å². The van der Waals surface area contributed by atoms with E-state index in [9.17, 15) is 27.1 Å². The van der Waals surface area contributed by atoms with Gasteiger partial charge in [0.05, 0.1) is 12.1 Å². The summed E-state index contributed by atoms with van der Waals surface area (Å²) in [5, 5.41) is 15.9. The molecular formula is C25H28F5N5O. The molecule has 0 unspecified atom stereocenters. The highest BCUT2D eigenvalue weighted by atomic mass is 19.4. The van der Waals surface area contributed by atoms with Crippen molar-refractivity contribution < 1.29 is 27.1 Å². The maximum Gasteiger partial charge on any atom is 0.416 e. The van der Waals surface area contributed by atoms with Crippen LogP contribution < -0.4 is 4.90 Å². The lowest BCUT2D eigenvalue weighted by molar-refractivity contribution is -0.137. The normalized spacial score (nSPS) is 17.9. The summed E-state index contributed by atoms with van der Waals surface area (Å²) in [7, 11) is 1.84. The van der Waals surface area contributed by atoms with Crippen LogP contribution in [0, 0.1) is 11.6 Å². The fourth-order valence-corrected chi connectivity index (χ4v) is 4.89. The standard InChI is InChI=1S/C25H28F5N5O/c1-17(24(36,14-35-16-31-15-32-35)22-8-5-19(26)13-23(22)27)33(2)20-9-11-34(12-10-20)21-6-3-18(4-7-21)25(28,29)30/h3-8,13,15-17,20,36H,9-12,14H2,1-2H3/t17-,24-/m1/s1. The van der Waals surface area contributed by atoms with Crippen molar-refractivity contribution in [2.75, 3.05) is 25.0 Å². The van der Waals surface area contributed by atoms with Gasteiger partial charge in [0.2, 0.25) is 0 Å². The lowest BCUT2D eigenvalue weighted by atomic mass is 9.84. The molecule has 0 saturated carbocycles. The van der Waals surface area contributed by atoms with E-state index in [0.717, 1.165) is 24.3 Å². The molecule has 0 spiro atoms. The highest BCUT2D eigenvalue weighted by Crippen LogP contribution is 2.35. The van der Waals surface area contributed by atoms with E-state index < -0.39 is 35.0 Å². The summed E-state index contributed by atoms with van der Waals surface area (Å²) in [5.41, 5.74) is -1.76. The van der Waals surface area contributed by atoms with Crippen molar-refractivity contribution in [3.05, 3.63) is 77.9 Å². The van der Waals surface area contributed by atoms with Gasteiger partial charge in [0.25, 0.3) is 0 Å². The van der Waals surface area contributed by atoms with E-state index in [1.807, 2.05) is 16.8 Å². The topological polar surface area (TPSA) is 57.4 Å². The highest BCUT2D eigenvalue weighted by molar-refractivity contribution is 5.48. The SMILES string of the molecule is C[C@@H](N(C)C1CCN(c2ccc(C(F)(F)F)cc2)CC1)[C@](O)(Cn1cncn1)c1ccc(F)cc1F. The number of nitrogens with zero attached hydrogens (tertiary/aromatic N) is 5. The summed E-state index contributed by atoms with van der Waals surface area (Å²) in [6.45, 7) is 2.91. The van der Waals surface area contributed by atoms with Crippen molar-refractivity contribution in [2.24, 2.45) is 0 Å². The lowest BCUT2D eigenvalue weighted by Crippen LogP contribution is -2.55. The number of likely N-dealkylation sites (N-methyl/N-ethyl adjacent to an activating group) is 1. The second-order valence-electron chi connectivity index (χ2n) is 9.25. The second kappa shape index (κ2) is 10.1. The van der Waals surface area contributed by atoms with Gasteiger partial charge in [-0.2, -0.15) is 18.3 Å². The molecule has 0 aliphatic carbocycles. The molecular weight excluding hydrogens is 481 g/mol. The van der Waals surface area contributed by atoms with Crippen LogP contribution in [0.15, 0.2) is 55.1 Å². The van der Waals surface area contributed by atoms with Crippen LogP contribution in [0.3, 0.4) is 0 Å². The first-order chi connectivity index (χ1) is 17.0. The van der Waals surface area contributed by atoms with Gasteiger partial charge in [-0.1, -0.05) is 6.07 Å². The summed E-state index contributed by atoms with van der Waals surface area (Å²) in [6, 6.07) is 7.65. The van der Waals surface area contributed by atoms with Crippen LogP contribution >= 0.6 is 0 Å². The molecule has 1 aliphatic rings. The first-order valence-electron chi connectivity index (χ1n) is 11.6. The first-order valence-corrected chi connectivity index (χ1v) is 11.6. The predicted molar refractivity (Wildman–Crippen MR) is 124 cm³/mol. The quantitative estimate of drug-likeness (QED) is 0.477. The number of alkyl halides is 3. The van der Waals surface area contributed by atoms with Crippen LogP contribution in [-0.4, -0.2) is 57.0 Å². The largest absolute Gasteiger partial charge is 0.416 e. The smallest absolute Gasteiger partial charge is 0.381 e. The molecule has 6 nitrogen and oxygen atoms in total. The third kappa shape index (κ3) is 5.36. The lowest BCUT2D eigenvalue weighted by Gasteiger charge is -2.45. The molecule has 2 heterocycles. The minimum atomic E-state index is -4.38. The number of piperidine rings is 1. The van der Waals surface area contributed by atoms with Crippen molar-refractivity contribution in [1.82, 2.24) is 19.7 Å². The van der Waals surface area contributed by atoms with E-state index in [-0.39, 0.29) is 18.2 Å². The Bertz CT molecular complexity index is 1150. The van der Waals surface area contributed by atoms with Crippen molar-refractivity contribution in [1.29, 1.82) is 0 Å². The van der Waals surface area contributed by atoms with Gasteiger partial charge in [-0.15, -0.1) is 0 Å². The fourth-order valence-electron chi connectivity index (χ4n) is 4.89. The molecule has 4 rings (SSSR count). The monoisotopic (exact) mass is 509 g/mol. The molecule has 1 aliphatic heterocycles. The van der Waals surface area contributed by atoms with E-state index in [1.54, 1.807) is 6.92 Å². The number of anilines is 1. The Morgan fingerprint density at radius 1 is 1.08 bits per heavy atom. The van der Waals surface area contributed by atoms with Crippen LogP contribution in [-0.2, 0) is 18.3 Å². The Labute approximate surface area is 206 Å². The third-order valence-corrected chi connectivity index (χ3v) is 7.17. The molecule has 11 heteroatoms. The van der Waals surface area contributed by atoms with Gasteiger partial charge < -0.3 is 10.0 Å². The van der Waals surface area contributed by atoms with E-state index >= 15 is 0 Å². The molecule has 0 bridgehead atoms. The van der Waals surface area contributed by atoms with Crippen LogP contribution in [0.4, 0.5) is 27.6 Å². The Kier molecular flexibility index (Phi) is 7.33. The van der Waals surface area contributed by atoms with Crippen molar-refractivity contribution in [3.8, 4) is 0 Å². The van der Waals surface area contributed by atoms with Gasteiger partial charge in [-0.25, -0.2) is 18.4 Å². The van der Waals surface area contributed by atoms with Crippen LogP contribution in [0.2, 0.25) is 0 Å². The molecule has 2 aromatic carbocycles. The maximum atomic E-state index is 14.8. The second-order valence-corrected chi connectivity index (χ2v) is 9.25. The van der Waals surface area contributed by atoms with E-state index in [1.165, 1.54) is 35.5 Å². The Morgan fingerprint density at radius 2 is 1.75 bits per heavy atom. The number of rotatable bonds is 7. The number of hydrogen-bond donors (Lipinski definition) is 1. The highest BCUT2D eigenvalue weighted by Gasteiger charge is 2.43. The van der Waals surface area contributed by atoms with Gasteiger partial charge in [0, 0.05) is 42.5 Å². The van der Waals surface area contributed by atoms with Crippen molar-refractivity contribution in [2.45, 2.75) is 50.2 Å². The van der Waals surface area contributed by atoms with Crippen molar-refractivity contribution >= 4 is 5.69 Å².